The molecule has 2 aromatic rings. The monoisotopic (exact) mass is 414 g/mol. The van der Waals surface area contributed by atoms with Gasteiger partial charge in [0, 0.05) is 28.8 Å². The van der Waals surface area contributed by atoms with Gasteiger partial charge in [0.05, 0.1) is 5.25 Å². The molecular weight excluding hydrogens is 388 g/mol. The first-order valence-electron chi connectivity index (χ1n) is 9.86. The summed E-state index contributed by atoms with van der Waals surface area (Å²) in [6, 6.07) is 13.0. The van der Waals surface area contributed by atoms with Crippen LogP contribution in [0.15, 0.2) is 47.4 Å². The number of ether oxygens (including phenoxy) is 2. The highest BCUT2D eigenvalue weighted by Crippen LogP contribution is 2.35. The van der Waals surface area contributed by atoms with Gasteiger partial charge in [-0.05, 0) is 43.2 Å². The first-order chi connectivity index (χ1) is 14.1. The van der Waals surface area contributed by atoms with Crippen LogP contribution in [0, 0.1) is 0 Å². The van der Waals surface area contributed by atoms with Gasteiger partial charge in [0.15, 0.2) is 11.5 Å². The molecule has 1 unspecified atom stereocenters. The third-order valence-corrected chi connectivity index (χ3v) is 5.81. The Morgan fingerprint density at radius 2 is 1.83 bits per heavy atom. The molecule has 0 saturated heterocycles. The molecule has 1 heterocycles. The van der Waals surface area contributed by atoms with E-state index in [0.717, 1.165) is 23.4 Å². The fourth-order valence-corrected chi connectivity index (χ4v) is 3.90. The van der Waals surface area contributed by atoms with Crippen LogP contribution in [-0.2, 0) is 9.59 Å². The number of thioether (sulfide) groups is 1. The maximum atomic E-state index is 12.8. The van der Waals surface area contributed by atoms with E-state index in [2.05, 4.69) is 17.6 Å². The van der Waals surface area contributed by atoms with E-state index in [-0.39, 0.29) is 23.9 Å². The number of hydrogen-bond acceptors (Lipinski definition) is 5. The van der Waals surface area contributed by atoms with Crippen LogP contribution in [-0.4, -0.2) is 23.9 Å². The van der Waals surface area contributed by atoms with Crippen molar-refractivity contribution in [2.75, 3.05) is 17.4 Å². The standard InChI is InChI=1S/C22H26N2O4S/c1-3-5-9-21(25)23-15-7-6-8-17(12-15)29-20(4-2)22(26)24-16-10-11-18-19(13-16)28-14-27-18/h6-8,10-13,20H,3-5,9,14H2,1-2H3,(H,23,25)(H,24,26). The number of benzene rings is 2. The molecule has 2 N–H and O–H groups in total. The molecule has 0 spiro atoms. The Bertz CT molecular complexity index is 872. The molecule has 29 heavy (non-hydrogen) atoms. The summed E-state index contributed by atoms with van der Waals surface area (Å²) in [7, 11) is 0. The zero-order chi connectivity index (χ0) is 20.6. The van der Waals surface area contributed by atoms with Crippen LogP contribution in [0.25, 0.3) is 0 Å². The van der Waals surface area contributed by atoms with Crippen molar-refractivity contribution in [1.82, 2.24) is 0 Å². The largest absolute Gasteiger partial charge is 0.454 e. The minimum atomic E-state index is -0.258. The second-order valence-corrected chi connectivity index (χ2v) is 8.03. The number of rotatable bonds is 9. The van der Waals surface area contributed by atoms with Crippen LogP contribution in [0.3, 0.4) is 0 Å². The van der Waals surface area contributed by atoms with Gasteiger partial charge in [-0.3, -0.25) is 9.59 Å². The lowest BCUT2D eigenvalue weighted by atomic mass is 10.2. The van der Waals surface area contributed by atoms with E-state index in [1.807, 2.05) is 31.2 Å². The Balaban J connectivity index is 1.61. The summed E-state index contributed by atoms with van der Waals surface area (Å²) in [5, 5.41) is 5.61. The van der Waals surface area contributed by atoms with Gasteiger partial charge in [0.25, 0.3) is 0 Å². The summed E-state index contributed by atoms with van der Waals surface area (Å²) in [4.78, 5) is 25.6. The smallest absolute Gasteiger partial charge is 0.237 e. The fraction of sp³-hybridized carbons (Fsp3) is 0.364. The summed E-state index contributed by atoms with van der Waals surface area (Å²) >= 11 is 1.48. The van der Waals surface area contributed by atoms with Crippen LogP contribution < -0.4 is 20.1 Å². The summed E-state index contributed by atoms with van der Waals surface area (Å²) in [5.74, 6) is 1.26. The highest BCUT2D eigenvalue weighted by Gasteiger charge is 2.20. The van der Waals surface area contributed by atoms with E-state index in [9.17, 15) is 9.59 Å². The first kappa shape index (κ1) is 21.0. The predicted octanol–water partition coefficient (Wildman–Crippen LogP) is 5.05. The molecular formula is C22H26N2O4S. The maximum Gasteiger partial charge on any atom is 0.237 e. The maximum absolute atomic E-state index is 12.8. The van der Waals surface area contributed by atoms with Crippen LogP contribution in [0.1, 0.15) is 39.5 Å². The molecule has 3 rings (SSSR count). The van der Waals surface area contributed by atoms with Crippen LogP contribution in [0.4, 0.5) is 11.4 Å². The van der Waals surface area contributed by atoms with Crippen LogP contribution in [0.2, 0.25) is 0 Å². The van der Waals surface area contributed by atoms with Crippen LogP contribution >= 0.6 is 11.8 Å². The SMILES string of the molecule is CCCCC(=O)Nc1cccc(SC(CC)C(=O)Nc2ccc3c(c2)OCO3)c1. The fourth-order valence-electron chi connectivity index (χ4n) is 2.89. The summed E-state index contributed by atoms with van der Waals surface area (Å²) in [6.45, 7) is 4.24. The molecule has 7 heteroatoms. The molecule has 0 radical (unpaired) electrons. The Hall–Kier alpha value is -2.67. The molecule has 0 fully saturated rings. The molecule has 1 atom stereocenters. The third-order valence-electron chi connectivity index (χ3n) is 4.46. The molecule has 0 bridgehead atoms. The van der Waals surface area contributed by atoms with Crippen LogP contribution in [0.5, 0.6) is 11.5 Å². The zero-order valence-corrected chi connectivity index (χ0v) is 17.5. The number of unbranched alkanes of at least 4 members (excludes halogenated alkanes) is 1. The summed E-state index contributed by atoms with van der Waals surface area (Å²) < 4.78 is 10.7. The lowest BCUT2D eigenvalue weighted by molar-refractivity contribution is -0.116. The summed E-state index contributed by atoms with van der Waals surface area (Å²) in [5.41, 5.74) is 1.43. The molecule has 1 aliphatic heterocycles. The number of anilines is 2. The van der Waals surface area contributed by atoms with E-state index >= 15 is 0 Å². The number of carbonyl (C=O) groups is 2. The highest BCUT2D eigenvalue weighted by atomic mass is 32.2. The number of nitrogens with one attached hydrogen (secondary N) is 2. The Labute approximate surface area is 175 Å². The minimum Gasteiger partial charge on any atom is -0.454 e. The normalized spacial score (nSPS) is 13.0. The lowest BCUT2D eigenvalue weighted by Crippen LogP contribution is -2.24. The van der Waals surface area contributed by atoms with Crippen molar-refractivity contribution in [1.29, 1.82) is 0 Å². The summed E-state index contributed by atoms with van der Waals surface area (Å²) in [6.07, 6.45) is 3.05. The Kier molecular flexibility index (Phi) is 7.41. The molecule has 154 valence electrons. The minimum absolute atomic E-state index is 0.0154. The van der Waals surface area contributed by atoms with E-state index in [4.69, 9.17) is 9.47 Å². The van der Waals surface area contributed by atoms with E-state index < -0.39 is 0 Å². The van der Waals surface area contributed by atoms with Gasteiger partial charge in [-0.25, -0.2) is 0 Å². The predicted molar refractivity (Wildman–Crippen MR) is 116 cm³/mol. The van der Waals surface area contributed by atoms with Gasteiger partial charge in [-0.15, -0.1) is 11.8 Å². The second-order valence-electron chi connectivity index (χ2n) is 6.75. The third kappa shape index (κ3) is 5.90. The number of hydrogen-bond donors (Lipinski definition) is 2. The Morgan fingerprint density at radius 1 is 1.03 bits per heavy atom. The van der Waals surface area contributed by atoms with Crippen molar-refractivity contribution in [2.24, 2.45) is 0 Å². The number of carbonyl (C=O) groups excluding carboxylic acids is 2. The highest BCUT2D eigenvalue weighted by molar-refractivity contribution is 8.00. The molecule has 2 amide bonds. The van der Waals surface area contributed by atoms with Crippen molar-refractivity contribution in [3.05, 3.63) is 42.5 Å². The molecule has 0 saturated carbocycles. The average Bonchev–Trinajstić information content (AvgIpc) is 3.18. The molecule has 0 aliphatic carbocycles. The number of amides is 2. The zero-order valence-electron chi connectivity index (χ0n) is 16.7. The van der Waals surface area contributed by atoms with E-state index in [1.165, 1.54) is 11.8 Å². The van der Waals surface area contributed by atoms with Gasteiger partial charge in [-0.2, -0.15) is 0 Å². The van der Waals surface area contributed by atoms with Crippen molar-refractivity contribution in [2.45, 2.75) is 49.7 Å². The van der Waals surface area contributed by atoms with Crippen molar-refractivity contribution in [3.8, 4) is 11.5 Å². The average molecular weight is 415 g/mol. The van der Waals surface area contributed by atoms with Crippen molar-refractivity contribution < 1.29 is 19.1 Å². The molecule has 0 aromatic heterocycles. The molecule has 6 nitrogen and oxygen atoms in total. The van der Waals surface area contributed by atoms with Gasteiger partial charge >= 0.3 is 0 Å². The Morgan fingerprint density at radius 3 is 2.62 bits per heavy atom. The van der Waals surface area contributed by atoms with Gasteiger partial charge < -0.3 is 20.1 Å². The second kappa shape index (κ2) is 10.2. The topological polar surface area (TPSA) is 76.7 Å². The van der Waals surface area contributed by atoms with Gasteiger partial charge in [0.1, 0.15) is 0 Å². The number of fused-ring (bicyclic) bond motifs is 1. The molecule has 2 aromatic carbocycles. The van der Waals surface area contributed by atoms with Crippen molar-refractivity contribution >= 4 is 35.0 Å². The van der Waals surface area contributed by atoms with E-state index in [1.54, 1.807) is 18.2 Å². The van der Waals surface area contributed by atoms with Gasteiger partial charge in [0.2, 0.25) is 18.6 Å². The molecule has 1 aliphatic rings. The quantitative estimate of drug-likeness (QED) is 0.561. The van der Waals surface area contributed by atoms with E-state index in [0.29, 0.717) is 30.0 Å². The van der Waals surface area contributed by atoms with Crippen molar-refractivity contribution in [3.63, 3.8) is 0 Å². The van der Waals surface area contributed by atoms with Gasteiger partial charge in [-0.1, -0.05) is 26.3 Å². The first-order valence-corrected chi connectivity index (χ1v) is 10.7. The lowest BCUT2D eigenvalue weighted by Gasteiger charge is -2.16.